The van der Waals surface area contributed by atoms with Gasteiger partial charge in [0.25, 0.3) is 0 Å². The molecule has 0 amide bonds. The maximum atomic E-state index is 11.8. The molecule has 0 N–H and O–H groups in total. The molecule has 17 heavy (non-hydrogen) atoms. The fraction of sp³-hybridized carbons (Fsp3) is 0.500. The first-order chi connectivity index (χ1) is 7.90. The Labute approximate surface area is 109 Å². The van der Waals surface area contributed by atoms with Gasteiger partial charge in [-0.1, -0.05) is 20.8 Å². The number of Topliss-reactive ketones (excluding diaryl/α,β-unsaturated/α-hetero) is 1. The zero-order valence-electron chi connectivity index (χ0n) is 10.9. The van der Waals surface area contributed by atoms with Crippen LogP contribution < -0.4 is 4.74 Å². The fourth-order valence-corrected chi connectivity index (χ4v) is 1.92. The smallest absolute Gasteiger partial charge is 0.163 e. The van der Waals surface area contributed by atoms with Crippen LogP contribution in [0.5, 0.6) is 5.75 Å². The van der Waals surface area contributed by atoms with Gasteiger partial charge in [0, 0.05) is 17.5 Å². The molecule has 0 radical (unpaired) electrons. The second kappa shape index (κ2) is 5.58. The summed E-state index contributed by atoms with van der Waals surface area (Å²) in [6, 6.07) is 5.62. The molecule has 1 rings (SSSR count). The van der Waals surface area contributed by atoms with Crippen molar-refractivity contribution in [3.05, 3.63) is 29.3 Å². The van der Waals surface area contributed by atoms with Crippen molar-refractivity contribution in [1.82, 2.24) is 0 Å². The summed E-state index contributed by atoms with van der Waals surface area (Å²) in [6.07, 6.45) is 0.471. The van der Waals surface area contributed by atoms with E-state index in [0.717, 1.165) is 16.9 Å². The van der Waals surface area contributed by atoms with Crippen molar-refractivity contribution in [2.75, 3.05) is 12.9 Å². The molecule has 0 aliphatic carbocycles. The lowest BCUT2D eigenvalue weighted by molar-refractivity contribution is 0.0989. The van der Waals surface area contributed by atoms with E-state index in [-0.39, 0.29) is 11.2 Å². The quantitative estimate of drug-likeness (QED) is 0.656. The number of rotatable bonds is 4. The van der Waals surface area contributed by atoms with Gasteiger partial charge in [-0.2, -0.15) is 12.6 Å². The number of thiol groups is 1. The molecule has 0 spiro atoms. The second-order valence-corrected chi connectivity index (χ2v) is 5.51. The third-order valence-corrected chi connectivity index (χ3v) is 2.89. The van der Waals surface area contributed by atoms with Crippen LogP contribution in [-0.4, -0.2) is 18.6 Å². The molecule has 1 aromatic rings. The van der Waals surface area contributed by atoms with E-state index in [9.17, 15) is 4.79 Å². The van der Waals surface area contributed by atoms with Gasteiger partial charge in [0.05, 0.1) is 7.11 Å². The Morgan fingerprint density at radius 3 is 2.47 bits per heavy atom. The highest BCUT2D eigenvalue weighted by Crippen LogP contribution is 2.32. The standard InChI is InChI=1S/C14H20O2S/c1-14(2,3)11-9-10(12(15)7-8-17)5-6-13(11)16-4/h5-6,9,17H,7-8H2,1-4H3. The molecule has 0 aliphatic heterocycles. The van der Waals surface area contributed by atoms with E-state index >= 15 is 0 Å². The topological polar surface area (TPSA) is 26.3 Å². The summed E-state index contributed by atoms with van der Waals surface area (Å²) < 4.78 is 5.34. The number of carbonyl (C=O) groups excluding carboxylic acids is 1. The second-order valence-electron chi connectivity index (χ2n) is 5.06. The highest BCUT2D eigenvalue weighted by Gasteiger charge is 2.20. The van der Waals surface area contributed by atoms with Crippen LogP contribution >= 0.6 is 12.6 Å². The number of ether oxygens (including phenoxy) is 1. The number of methoxy groups -OCH3 is 1. The number of benzene rings is 1. The van der Waals surface area contributed by atoms with Crippen molar-refractivity contribution in [3.63, 3.8) is 0 Å². The molecule has 0 heterocycles. The number of hydrogen-bond donors (Lipinski definition) is 1. The lowest BCUT2D eigenvalue weighted by Crippen LogP contribution is -2.14. The van der Waals surface area contributed by atoms with Gasteiger partial charge in [-0.15, -0.1) is 0 Å². The van der Waals surface area contributed by atoms with Crippen molar-refractivity contribution in [2.24, 2.45) is 0 Å². The molecular formula is C14H20O2S. The molecule has 0 aliphatic rings. The lowest BCUT2D eigenvalue weighted by atomic mass is 9.85. The van der Waals surface area contributed by atoms with E-state index in [4.69, 9.17) is 4.74 Å². The average Bonchev–Trinajstić information content (AvgIpc) is 2.27. The van der Waals surface area contributed by atoms with Gasteiger partial charge in [0.1, 0.15) is 5.75 Å². The highest BCUT2D eigenvalue weighted by molar-refractivity contribution is 7.80. The normalized spacial score (nSPS) is 11.4. The molecule has 94 valence electrons. The van der Waals surface area contributed by atoms with Crippen LogP contribution in [0.25, 0.3) is 0 Å². The van der Waals surface area contributed by atoms with Crippen LogP contribution in [0.1, 0.15) is 43.1 Å². The Bertz CT molecular complexity index is 405. The minimum atomic E-state index is -0.0391. The van der Waals surface area contributed by atoms with Gasteiger partial charge in [-0.25, -0.2) is 0 Å². The SMILES string of the molecule is COc1ccc(C(=O)CCS)cc1C(C)(C)C. The Balaban J connectivity index is 3.18. The molecule has 0 saturated heterocycles. The van der Waals surface area contributed by atoms with Crippen LogP contribution in [0.4, 0.5) is 0 Å². The van der Waals surface area contributed by atoms with Crippen LogP contribution in [0, 0.1) is 0 Å². The summed E-state index contributed by atoms with van der Waals surface area (Å²) in [7, 11) is 1.65. The highest BCUT2D eigenvalue weighted by atomic mass is 32.1. The zero-order valence-corrected chi connectivity index (χ0v) is 11.8. The van der Waals surface area contributed by atoms with E-state index < -0.39 is 0 Å². The predicted molar refractivity (Wildman–Crippen MR) is 74.5 cm³/mol. The van der Waals surface area contributed by atoms with E-state index in [0.29, 0.717) is 12.2 Å². The van der Waals surface area contributed by atoms with E-state index in [1.165, 1.54) is 0 Å². The van der Waals surface area contributed by atoms with Crippen LogP contribution in [-0.2, 0) is 5.41 Å². The number of carbonyl (C=O) groups is 1. The maximum absolute atomic E-state index is 11.8. The van der Waals surface area contributed by atoms with Crippen molar-refractivity contribution >= 4 is 18.4 Å². The fourth-order valence-electron chi connectivity index (χ4n) is 1.71. The molecule has 0 unspecified atom stereocenters. The van der Waals surface area contributed by atoms with Gasteiger partial charge in [0.2, 0.25) is 0 Å². The summed E-state index contributed by atoms with van der Waals surface area (Å²) in [5.41, 5.74) is 1.76. The van der Waals surface area contributed by atoms with Crippen LogP contribution in [0.2, 0.25) is 0 Å². The molecule has 2 nitrogen and oxygen atoms in total. The molecular weight excluding hydrogens is 232 g/mol. The van der Waals surface area contributed by atoms with Crippen molar-refractivity contribution in [1.29, 1.82) is 0 Å². The minimum Gasteiger partial charge on any atom is -0.496 e. The first kappa shape index (κ1) is 14.1. The molecule has 3 heteroatoms. The van der Waals surface area contributed by atoms with Gasteiger partial charge < -0.3 is 4.74 Å². The zero-order chi connectivity index (χ0) is 13.1. The third kappa shape index (κ3) is 3.50. The first-order valence-electron chi connectivity index (χ1n) is 5.72. The van der Waals surface area contributed by atoms with Gasteiger partial charge in [0.15, 0.2) is 5.78 Å². The van der Waals surface area contributed by atoms with Crippen molar-refractivity contribution in [3.8, 4) is 5.75 Å². The summed E-state index contributed by atoms with van der Waals surface area (Å²) in [5, 5.41) is 0. The monoisotopic (exact) mass is 252 g/mol. The predicted octanol–water partition coefficient (Wildman–Crippen LogP) is 3.50. The van der Waals surface area contributed by atoms with Gasteiger partial charge >= 0.3 is 0 Å². The van der Waals surface area contributed by atoms with Crippen LogP contribution in [0.15, 0.2) is 18.2 Å². The number of ketones is 1. The van der Waals surface area contributed by atoms with Gasteiger partial charge in [-0.3, -0.25) is 4.79 Å². The van der Waals surface area contributed by atoms with E-state index in [1.54, 1.807) is 7.11 Å². The summed E-state index contributed by atoms with van der Waals surface area (Å²) in [6.45, 7) is 6.33. The maximum Gasteiger partial charge on any atom is 0.163 e. The van der Waals surface area contributed by atoms with Crippen molar-refractivity contribution < 1.29 is 9.53 Å². The molecule has 1 aromatic carbocycles. The summed E-state index contributed by atoms with van der Waals surface area (Å²) in [5.74, 6) is 1.54. The third-order valence-electron chi connectivity index (χ3n) is 2.67. The Hall–Kier alpha value is -0.960. The van der Waals surface area contributed by atoms with Gasteiger partial charge in [-0.05, 0) is 29.4 Å². The van der Waals surface area contributed by atoms with E-state index in [1.807, 2.05) is 18.2 Å². The van der Waals surface area contributed by atoms with E-state index in [2.05, 4.69) is 33.4 Å². The summed E-state index contributed by atoms with van der Waals surface area (Å²) >= 11 is 4.09. The Morgan fingerprint density at radius 1 is 1.35 bits per heavy atom. The molecule has 0 atom stereocenters. The van der Waals surface area contributed by atoms with Crippen LogP contribution in [0.3, 0.4) is 0 Å². The molecule has 0 aromatic heterocycles. The summed E-state index contributed by atoms with van der Waals surface area (Å²) in [4.78, 5) is 11.8. The lowest BCUT2D eigenvalue weighted by Gasteiger charge is -2.22. The Morgan fingerprint density at radius 2 is 2.00 bits per heavy atom. The largest absolute Gasteiger partial charge is 0.496 e. The molecule has 0 saturated carbocycles. The Kier molecular flexibility index (Phi) is 4.63. The minimum absolute atomic E-state index is 0.0391. The van der Waals surface area contributed by atoms with Crippen molar-refractivity contribution in [2.45, 2.75) is 32.6 Å². The first-order valence-corrected chi connectivity index (χ1v) is 6.36. The average molecular weight is 252 g/mol. The number of hydrogen-bond acceptors (Lipinski definition) is 3. The molecule has 0 fully saturated rings. The molecule has 0 bridgehead atoms.